The zero-order valence-electron chi connectivity index (χ0n) is 18.8. The third-order valence-corrected chi connectivity index (χ3v) is 6.95. The van der Waals surface area contributed by atoms with E-state index in [0.29, 0.717) is 18.1 Å². The topological polar surface area (TPSA) is 9.23 Å². The van der Waals surface area contributed by atoms with Crippen molar-refractivity contribution in [3.63, 3.8) is 0 Å². The second kappa shape index (κ2) is 11.7. The van der Waals surface area contributed by atoms with Gasteiger partial charge in [0.05, 0.1) is 6.61 Å². The maximum Gasteiger partial charge on any atom is 0.201 e. The molecule has 0 N–H and O–H groups in total. The predicted molar refractivity (Wildman–Crippen MR) is 122 cm³/mol. The minimum atomic E-state index is -0.869. The molecular weight excluding hydrogens is 378 g/mol. The van der Waals surface area contributed by atoms with E-state index in [9.17, 15) is 8.78 Å². The summed E-state index contributed by atoms with van der Waals surface area (Å²) in [5.74, 6) is 0.756. The van der Waals surface area contributed by atoms with E-state index in [4.69, 9.17) is 4.74 Å². The number of halogens is 2. The molecule has 1 fully saturated rings. The van der Waals surface area contributed by atoms with E-state index in [1.807, 2.05) is 0 Å². The van der Waals surface area contributed by atoms with Crippen molar-refractivity contribution in [1.29, 1.82) is 0 Å². The van der Waals surface area contributed by atoms with Gasteiger partial charge in [-0.1, -0.05) is 38.0 Å². The minimum Gasteiger partial charge on any atom is -0.491 e. The van der Waals surface area contributed by atoms with Gasteiger partial charge in [-0.3, -0.25) is 0 Å². The highest BCUT2D eigenvalue weighted by molar-refractivity contribution is 5.67. The van der Waals surface area contributed by atoms with Crippen molar-refractivity contribution in [1.82, 2.24) is 0 Å². The molecule has 0 heterocycles. The van der Waals surface area contributed by atoms with Crippen LogP contribution in [-0.4, -0.2) is 6.61 Å². The summed E-state index contributed by atoms with van der Waals surface area (Å²) < 4.78 is 33.8. The third kappa shape index (κ3) is 6.18. The van der Waals surface area contributed by atoms with Gasteiger partial charge in [0.15, 0.2) is 11.6 Å². The highest BCUT2D eigenvalue weighted by Crippen LogP contribution is 2.36. The number of hydrogen-bond acceptors (Lipinski definition) is 1. The van der Waals surface area contributed by atoms with Gasteiger partial charge in [0.25, 0.3) is 0 Å². The molecule has 0 amide bonds. The first kappa shape index (κ1) is 23.0. The van der Waals surface area contributed by atoms with Gasteiger partial charge in [-0.15, -0.1) is 0 Å². The summed E-state index contributed by atoms with van der Waals surface area (Å²) in [6.07, 6.45) is 20.4. The van der Waals surface area contributed by atoms with E-state index in [-0.39, 0.29) is 5.75 Å². The Balaban J connectivity index is 1.44. The van der Waals surface area contributed by atoms with Gasteiger partial charge >= 0.3 is 0 Å². The molecule has 3 heteroatoms. The van der Waals surface area contributed by atoms with Gasteiger partial charge in [-0.25, -0.2) is 4.39 Å². The molecule has 3 rings (SSSR count). The second-order valence-corrected chi connectivity index (χ2v) is 9.12. The van der Waals surface area contributed by atoms with Crippen molar-refractivity contribution in [3.05, 3.63) is 47.6 Å². The smallest absolute Gasteiger partial charge is 0.201 e. The van der Waals surface area contributed by atoms with Crippen molar-refractivity contribution in [3.8, 4) is 5.75 Å². The first-order valence-corrected chi connectivity index (χ1v) is 12.1. The van der Waals surface area contributed by atoms with Crippen LogP contribution in [0, 0.1) is 29.4 Å². The predicted octanol–water partition coefficient (Wildman–Crippen LogP) is 8.49. The SMILES string of the molecule is CCCC1CCC(/C=C/CCC2CC=C(c3ccc(OCC)c(F)c3F)CC2)CC1. The van der Waals surface area contributed by atoms with Crippen molar-refractivity contribution < 1.29 is 13.5 Å². The van der Waals surface area contributed by atoms with Gasteiger partial charge in [-0.2, -0.15) is 4.39 Å². The Morgan fingerprint density at radius 2 is 1.77 bits per heavy atom. The zero-order chi connectivity index (χ0) is 21.3. The summed E-state index contributed by atoms with van der Waals surface area (Å²) in [7, 11) is 0. The summed E-state index contributed by atoms with van der Waals surface area (Å²) in [5, 5.41) is 0. The standard InChI is InChI=1S/C27H38F2O/c1-3-7-20-10-12-21(13-11-20)8-5-6-9-22-14-16-23(17-15-22)24-18-19-25(30-4-2)27(29)26(24)28/h5,8,16,18-22H,3-4,6-7,9-15,17H2,1-2H3/b8-5+. The Morgan fingerprint density at radius 3 is 2.43 bits per heavy atom. The number of rotatable bonds is 9. The molecule has 0 radical (unpaired) electrons. The number of benzene rings is 1. The Morgan fingerprint density at radius 1 is 0.967 bits per heavy atom. The van der Waals surface area contributed by atoms with Crippen LogP contribution in [0.4, 0.5) is 8.78 Å². The molecule has 1 aromatic carbocycles. The van der Waals surface area contributed by atoms with Gasteiger partial charge < -0.3 is 4.74 Å². The largest absolute Gasteiger partial charge is 0.491 e. The van der Waals surface area contributed by atoms with Gasteiger partial charge in [-0.05, 0) is 100 Å². The summed E-state index contributed by atoms with van der Waals surface area (Å²) in [6.45, 7) is 4.39. The zero-order valence-corrected chi connectivity index (χ0v) is 18.8. The summed E-state index contributed by atoms with van der Waals surface area (Å²) in [6, 6.07) is 3.21. The molecule has 1 saturated carbocycles. The third-order valence-electron chi connectivity index (χ3n) is 6.95. The van der Waals surface area contributed by atoms with Crippen LogP contribution in [0.5, 0.6) is 5.75 Å². The van der Waals surface area contributed by atoms with Crippen LogP contribution in [0.25, 0.3) is 5.57 Å². The van der Waals surface area contributed by atoms with Crippen LogP contribution in [0.1, 0.15) is 90.0 Å². The first-order valence-electron chi connectivity index (χ1n) is 12.1. The molecule has 0 bridgehead atoms. The molecule has 30 heavy (non-hydrogen) atoms. The molecule has 1 aromatic rings. The fourth-order valence-corrected chi connectivity index (χ4v) is 5.14. The molecule has 166 valence electrons. The highest BCUT2D eigenvalue weighted by Gasteiger charge is 2.21. The minimum absolute atomic E-state index is 0.00123. The maximum atomic E-state index is 14.5. The first-order chi connectivity index (χ1) is 14.6. The van der Waals surface area contributed by atoms with Crippen LogP contribution in [0.15, 0.2) is 30.4 Å². The van der Waals surface area contributed by atoms with E-state index in [1.54, 1.807) is 19.1 Å². The molecule has 1 nitrogen and oxygen atoms in total. The normalized spacial score (nSPS) is 24.8. The number of allylic oxidation sites excluding steroid dienone is 4. The van der Waals surface area contributed by atoms with Crippen LogP contribution >= 0.6 is 0 Å². The molecule has 0 saturated heterocycles. The lowest BCUT2D eigenvalue weighted by atomic mass is 9.80. The Labute approximate surface area is 181 Å². The molecule has 1 unspecified atom stereocenters. The fraction of sp³-hybridized carbons (Fsp3) is 0.630. The lowest BCUT2D eigenvalue weighted by molar-refractivity contribution is 0.294. The number of hydrogen-bond donors (Lipinski definition) is 0. The maximum absolute atomic E-state index is 14.5. The monoisotopic (exact) mass is 416 g/mol. The summed E-state index contributed by atoms with van der Waals surface area (Å²) in [4.78, 5) is 0. The van der Waals surface area contributed by atoms with Crippen molar-refractivity contribution >= 4 is 5.57 Å². The summed E-state index contributed by atoms with van der Waals surface area (Å²) in [5.41, 5.74) is 1.33. The van der Waals surface area contributed by atoms with E-state index in [1.165, 1.54) is 44.9 Å². The molecular formula is C27H38F2O. The van der Waals surface area contributed by atoms with Crippen LogP contribution in [0.3, 0.4) is 0 Å². The quantitative estimate of drug-likeness (QED) is 0.367. The Kier molecular flexibility index (Phi) is 8.96. The summed E-state index contributed by atoms with van der Waals surface area (Å²) >= 11 is 0. The van der Waals surface area contributed by atoms with Crippen LogP contribution < -0.4 is 4.74 Å². The second-order valence-electron chi connectivity index (χ2n) is 9.12. The lowest BCUT2D eigenvalue weighted by Crippen LogP contribution is -2.12. The Bertz CT molecular complexity index is 729. The average Bonchev–Trinajstić information content (AvgIpc) is 2.77. The van der Waals surface area contributed by atoms with Gasteiger partial charge in [0, 0.05) is 5.56 Å². The lowest BCUT2D eigenvalue weighted by Gasteiger charge is -2.26. The highest BCUT2D eigenvalue weighted by atomic mass is 19.2. The van der Waals surface area contributed by atoms with Crippen molar-refractivity contribution in [2.75, 3.05) is 6.61 Å². The van der Waals surface area contributed by atoms with Gasteiger partial charge in [0.2, 0.25) is 5.82 Å². The molecule has 1 atom stereocenters. The average molecular weight is 417 g/mol. The number of ether oxygens (including phenoxy) is 1. The van der Waals surface area contributed by atoms with Crippen LogP contribution in [0.2, 0.25) is 0 Å². The van der Waals surface area contributed by atoms with E-state index in [2.05, 4.69) is 25.2 Å². The van der Waals surface area contributed by atoms with E-state index >= 15 is 0 Å². The molecule has 0 aromatic heterocycles. The Hall–Kier alpha value is -1.64. The van der Waals surface area contributed by atoms with Gasteiger partial charge in [0.1, 0.15) is 0 Å². The molecule has 0 spiro atoms. The molecule has 2 aliphatic rings. The van der Waals surface area contributed by atoms with E-state index < -0.39 is 11.6 Å². The van der Waals surface area contributed by atoms with E-state index in [0.717, 1.165) is 43.1 Å². The molecule has 0 aliphatic heterocycles. The fourth-order valence-electron chi connectivity index (χ4n) is 5.14. The molecule has 2 aliphatic carbocycles. The van der Waals surface area contributed by atoms with Crippen LogP contribution in [-0.2, 0) is 0 Å². The van der Waals surface area contributed by atoms with Crippen molar-refractivity contribution in [2.24, 2.45) is 17.8 Å². The van der Waals surface area contributed by atoms with Crippen molar-refractivity contribution in [2.45, 2.75) is 84.5 Å².